The quantitative estimate of drug-likeness (QED) is 0.176. The number of rotatable bonds is 5. The number of nitrogens with zero attached hydrogens (tertiary/aromatic N) is 1. The van der Waals surface area contributed by atoms with Gasteiger partial charge in [0.1, 0.15) is 16.7 Å². The minimum absolute atomic E-state index is 0.845. The maximum atomic E-state index is 6.97. The molecule has 0 atom stereocenters. The predicted molar refractivity (Wildman–Crippen MR) is 237 cm³/mol. The summed E-state index contributed by atoms with van der Waals surface area (Å²) in [6.45, 7) is 0. The van der Waals surface area contributed by atoms with Crippen LogP contribution in [0.4, 0.5) is 17.1 Å². The molecule has 4 heteroatoms. The van der Waals surface area contributed by atoms with Crippen molar-refractivity contribution in [2.24, 2.45) is 0 Å². The van der Waals surface area contributed by atoms with Crippen molar-refractivity contribution in [2.75, 3.05) is 4.90 Å². The van der Waals surface area contributed by atoms with E-state index < -0.39 is 0 Å². The number of furan rings is 2. The fourth-order valence-corrected chi connectivity index (χ4v) is 9.98. The predicted octanol–water partition coefficient (Wildman–Crippen LogP) is 15.8. The van der Waals surface area contributed by atoms with E-state index in [1.807, 2.05) is 17.4 Å². The normalized spacial score (nSPS) is 11.9. The zero-order valence-corrected chi connectivity index (χ0v) is 30.9. The number of anilines is 3. The van der Waals surface area contributed by atoms with Gasteiger partial charge in [-0.1, -0.05) is 133 Å². The van der Waals surface area contributed by atoms with Crippen LogP contribution in [0.25, 0.3) is 97.1 Å². The van der Waals surface area contributed by atoms with Gasteiger partial charge in [-0.15, -0.1) is 11.3 Å². The second-order valence-corrected chi connectivity index (χ2v) is 15.4. The van der Waals surface area contributed by atoms with Crippen LogP contribution in [0, 0.1) is 0 Å². The average Bonchev–Trinajstić information content (AvgIpc) is 3.96. The molecule has 3 heterocycles. The van der Waals surface area contributed by atoms with Crippen molar-refractivity contribution in [3.8, 4) is 22.3 Å². The van der Waals surface area contributed by atoms with Gasteiger partial charge in [-0.05, 0) is 82.1 Å². The van der Waals surface area contributed by atoms with Crippen LogP contribution in [0.5, 0.6) is 0 Å². The summed E-state index contributed by atoms with van der Waals surface area (Å²) in [7, 11) is 0. The zero-order valence-electron chi connectivity index (χ0n) is 30.1. The molecule has 12 aromatic rings. The van der Waals surface area contributed by atoms with Crippen molar-refractivity contribution in [1.82, 2.24) is 0 Å². The summed E-state index contributed by atoms with van der Waals surface area (Å²) in [6, 6.07) is 67.0. The third-order valence-corrected chi connectivity index (χ3v) is 12.5. The molecule has 0 fully saturated rings. The SMILES string of the molecule is c1ccc(N(c2ccc(-c3cccc4ccccc34)cc2)c2ccc(-c3cc4c5ccccc5oc4c4c3sc3ccccc34)c3c2oc2ccccc23)cc1. The largest absolute Gasteiger partial charge is 0.455 e. The van der Waals surface area contributed by atoms with Crippen LogP contribution in [0.3, 0.4) is 0 Å². The molecule has 0 aliphatic heterocycles. The second-order valence-electron chi connectivity index (χ2n) is 14.4. The first-order valence-electron chi connectivity index (χ1n) is 18.9. The first kappa shape index (κ1) is 31.2. The minimum atomic E-state index is 0.845. The van der Waals surface area contributed by atoms with Gasteiger partial charge in [0, 0.05) is 58.7 Å². The molecule has 0 amide bonds. The fraction of sp³-hybridized carbons (Fsp3) is 0. The molecule has 12 rings (SSSR count). The lowest BCUT2D eigenvalue weighted by Gasteiger charge is -2.26. The molecule has 262 valence electrons. The van der Waals surface area contributed by atoms with Crippen LogP contribution in [-0.4, -0.2) is 0 Å². The van der Waals surface area contributed by atoms with Crippen molar-refractivity contribution in [1.29, 1.82) is 0 Å². The van der Waals surface area contributed by atoms with Gasteiger partial charge in [-0.2, -0.15) is 0 Å². The monoisotopic (exact) mass is 733 g/mol. The van der Waals surface area contributed by atoms with Crippen molar-refractivity contribution < 1.29 is 8.83 Å². The van der Waals surface area contributed by atoms with Gasteiger partial charge < -0.3 is 13.7 Å². The molecule has 0 N–H and O–H groups in total. The van der Waals surface area contributed by atoms with E-state index in [2.05, 4.69) is 187 Å². The molecule has 0 saturated carbocycles. The molecule has 0 saturated heterocycles. The fourth-order valence-electron chi connectivity index (χ4n) is 8.75. The van der Waals surface area contributed by atoms with Crippen LogP contribution < -0.4 is 4.90 Å². The molecule has 3 nitrogen and oxygen atoms in total. The van der Waals surface area contributed by atoms with Crippen molar-refractivity contribution in [3.63, 3.8) is 0 Å². The maximum absolute atomic E-state index is 6.97. The molecule has 9 aromatic carbocycles. The molecule has 56 heavy (non-hydrogen) atoms. The Bertz CT molecular complexity index is 3480. The number of thiophene rings is 1. The van der Waals surface area contributed by atoms with Crippen LogP contribution >= 0.6 is 11.3 Å². The Kier molecular flexibility index (Phi) is 6.80. The summed E-state index contributed by atoms with van der Waals surface area (Å²) in [5.41, 5.74) is 11.3. The van der Waals surface area contributed by atoms with Gasteiger partial charge in [-0.25, -0.2) is 0 Å². The number of fused-ring (bicyclic) bond motifs is 11. The van der Waals surface area contributed by atoms with Gasteiger partial charge in [0.15, 0.2) is 5.58 Å². The topological polar surface area (TPSA) is 29.5 Å². The Hall–Kier alpha value is -7.14. The molecule has 0 aliphatic carbocycles. The van der Waals surface area contributed by atoms with Crippen LogP contribution in [0.15, 0.2) is 197 Å². The zero-order chi connectivity index (χ0) is 36.7. The summed E-state index contributed by atoms with van der Waals surface area (Å²) < 4.78 is 16.1. The van der Waals surface area contributed by atoms with E-state index in [0.717, 1.165) is 71.9 Å². The minimum Gasteiger partial charge on any atom is -0.455 e. The van der Waals surface area contributed by atoms with E-state index in [1.165, 1.54) is 42.2 Å². The lowest BCUT2D eigenvalue weighted by Crippen LogP contribution is -2.10. The summed E-state index contributed by atoms with van der Waals surface area (Å²) >= 11 is 1.83. The van der Waals surface area contributed by atoms with E-state index in [-0.39, 0.29) is 0 Å². The van der Waals surface area contributed by atoms with Gasteiger partial charge in [0.2, 0.25) is 0 Å². The summed E-state index contributed by atoms with van der Waals surface area (Å²) in [5, 5.41) is 9.28. The summed E-state index contributed by atoms with van der Waals surface area (Å²) in [6.07, 6.45) is 0. The molecule has 0 radical (unpaired) electrons. The van der Waals surface area contributed by atoms with Gasteiger partial charge >= 0.3 is 0 Å². The number of benzene rings is 9. The average molecular weight is 734 g/mol. The van der Waals surface area contributed by atoms with Gasteiger partial charge in [0.05, 0.1) is 5.69 Å². The third kappa shape index (κ3) is 4.63. The first-order valence-corrected chi connectivity index (χ1v) is 19.7. The Balaban J connectivity index is 1.12. The highest BCUT2D eigenvalue weighted by atomic mass is 32.1. The van der Waals surface area contributed by atoms with Crippen molar-refractivity contribution in [3.05, 3.63) is 188 Å². The Morgan fingerprint density at radius 1 is 0.393 bits per heavy atom. The third-order valence-electron chi connectivity index (χ3n) is 11.3. The van der Waals surface area contributed by atoms with E-state index in [0.29, 0.717) is 0 Å². The van der Waals surface area contributed by atoms with E-state index in [1.54, 1.807) is 0 Å². The van der Waals surface area contributed by atoms with Crippen molar-refractivity contribution >= 4 is 103 Å². The van der Waals surface area contributed by atoms with Crippen LogP contribution in [-0.2, 0) is 0 Å². The highest BCUT2D eigenvalue weighted by Gasteiger charge is 2.25. The molecule has 0 spiro atoms. The van der Waals surface area contributed by atoms with E-state index in [4.69, 9.17) is 8.83 Å². The van der Waals surface area contributed by atoms with Crippen LogP contribution in [0.1, 0.15) is 0 Å². The summed E-state index contributed by atoms with van der Waals surface area (Å²) in [5.74, 6) is 0. The smallest absolute Gasteiger partial charge is 0.160 e. The second kappa shape index (κ2) is 12.2. The summed E-state index contributed by atoms with van der Waals surface area (Å²) in [4.78, 5) is 2.32. The van der Waals surface area contributed by atoms with Crippen molar-refractivity contribution in [2.45, 2.75) is 0 Å². The highest BCUT2D eigenvalue weighted by Crippen LogP contribution is 2.51. The van der Waals surface area contributed by atoms with Gasteiger partial charge in [0.25, 0.3) is 0 Å². The lowest BCUT2D eigenvalue weighted by atomic mass is 9.94. The van der Waals surface area contributed by atoms with Crippen LogP contribution in [0.2, 0.25) is 0 Å². The Morgan fingerprint density at radius 2 is 1.04 bits per heavy atom. The van der Waals surface area contributed by atoms with Gasteiger partial charge in [-0.3, -0.25) is 0 Å². The number of para-hydroxylation sites is 3. The molecule has 0 aliphatic rings. The molecule has 0 bridgehead atoms. The molecule has 3 aromatic heterocycles. The Labute approximate surface area is 325 Å². The molecular formula is C52H31NO2S. The lowest BCUT2D eigenvalue weighted by molar-refractivity contribution is 0.669. The Morgan fingerprint density at radius 3 is 1.88 bits per heavy atom. The highest BCUT2D eigenvalue weighted by molar-refractivity contribution is 7.26. The first-order chi connectivity index (χ1) is 27.8. The standard InChI is InChI=1S/C52H31NO2S/c1-2-15-34(16-3-1)53(35-27-25-33(26-28-35)37-21-12-14-32-13-4-5-17-36(32)37)44-30-29-39(48-40-19-7-10-23-46(40)55-51(44)48)43-31-42-38-18-6-9-22-45(38)54-50(42)49-41-20-8-11-24-47(41)56-52(43)49/h1-31H. The molecular weight excluding hydrogens is 703 g/mol. The van der Waals surface area contributed by atoms with E-state index >= 15 is 0 Å². The van der Waals surface area contributed by atoms with E-state index in [9.17, 15) is 0 Å². The molecule has 0 unspecified atom stereocenters. The number of hydrogen-bond donors (Lipinski definition) is 0. The maximum Gasteiger partial charge on any atom is 0.160 e. The number of hydrogen-bond acceptors (Lipinski definition) is 4.